The third-order valence-electron chi connectivity index (χ3n) is 4.43. The quantitative estimate of drug-likeness (QED) is 0.471. The fourth-order valence-electron chi connectivity index (χ4n) is 3.07. The molecule has 0 aliphatic rings. The molecule has 4 heterocycles. The van der Waals surface area contributed by atoms with Crippen molar-refractivity contribution in [1.29, 1.82) is 5.26 Å². The molecule has 0 spiro atoms. The van der Waals surface area contributed by atoms with Crippen molar-refractivity contribution in [3.05, 3.63) is 78.9 Å². The summed E-state index contributed by atoms with van der Waals surface area (Å²) >= 11 is 0. The van der Waals surface area contributed by atoms with Crippen molar-refractivity contribution in [2.75, 3.05) is 0 Å². The Morgan fingerprint density at radius 1 is 1.03 bits per heavy atom. The molecule has 0 saturated carbocycles. The largest absolute Gasteiger partial charge is 0.282 e. The van der Waals surface area contributed by atoms with Crippen LogP contribution in [0.5, 0.6) is 0 Å². The zero-order chi connectivity index (χ0) is 19.6. The molecule has 1 aromatic carbocycles. The number of nitrogens with zero attached hydrogens (tertiary/aromatic N) is 9. The van der Waals surface area contributed by atoms with E-state index < -0.39 is 0 Å². The second-order valence-electron chi connectivity index (χ2n) is 6.25. The van der Waals surface area contributed by atoms with E-state index in [-0.39, 0.29) is 0 Å². The van der Waals surface area contributed by atoms with E-state index in [4.69, 9.17) is 0 Å². The van der Waals surface area contributed by atoms with E-state index in [0.717, 1.165) is 11.4 Å². The van der Waals surface area contributed by atoms with Gasteiger partial charge in [-0.05, 0) is 24.3 Å². The van der Waals surface area contributed by atoms with Gasteiger partial charge in [-0.15, -0.1) is 0 Å². The van der Waals surface area contributed by atoms with Gasteiger partial charge in [-0.3, -0.25) is 4.40 Å². The highest BCUT2D eigenvalue weighted by atomic mass is 15.3. The number of nitriles is 1. The molecule has 0 saturated heterocycles. The first-order valence-corrected chi connectivity index (χ1v) is 8.80. The third-order valence-corrected chi connectivity index (χ3v) is 4.43. The summed E-state index contributed by atoms with van der Waals surface area (Å²) in [5.74, 6) is 1.06. The monoisotopic (exact) mass is 379 g/mol. The minimum Gasteiger partial charge on any atom is -0.282 e. The molecule has 0 amide bonds. The van der Waals surface area contributed by atoms with Crippen LogP contribution in [0, 0.1) is 11.3 Å². The van der Waals surface area contributed by atoms with E-state index in [1.807, 2.05) is 40.9 Å². The van der Waals surface area contributed by atoms with Gasteiger partial charge in [-0.1, -0.05) is 12.1 Å². The second kappa shape index (κ2) is 6.94. The number of hydrogen-bond donors (Lipinski definition) is 0. The molecule has 0 fully saturated rings. The highest BCUT2D eigenvalue weighted by Crippen LogP contribution is 2.23. The van der Waals surface area contributed by atoms with Gasteiger partial charge in [0, 0.05) is 18.0 Å². The van der Waals surface area contributed by atoms with E-state index in [9.17, 15) is 5.26 Å². The van der Waals surface area contributed by atoms with Crippen molar-refractivity contribution in [2.45, 2.75) is 6.54 Å². The van der Waals surface area contributed by atoms with Crippen LogP contribution in [0.25, 0.3) is 28.6 Å². The zero-order valence-electron chi connectivity index (χ0n) is 15.1. The summed E-state index contributed by atoms with van der Waals surface area (Å²) < 4.78 is 3.57. The van der Waals surface area contributed by atoms with Crippen LogP contribution in [-0.2, 0) is 6.54 Å². The maximum Gasteiger partial charge on any atom is 0.234 e. The molecule has 0 bridgehead atoms. The molecule has 0 unspecified atom stereocenters. The van der Waals surface area contributed by atoms with Gasteiger partial charge in [0.1, 0.15) is 12.7 Å². The van der Waals surface area contributed by atoms with Crippen LogP contribution in [0.4, 0.5) is 0 Å². The minimum absolute atomic E-state index is 0.491. The Morgan fingerprint density at radius 2 is 1.97 bits per heavy atom. The average Bonchev–Trinajstić information content (AvgIpc) is 3.43. The van der Waals surface area contributed by atoms with Crippen LogP contribution in [0.1, 0.15) is 11.3 Å². The predicted octanol–water partition coefficient (Wildman–Crippen LogP) is 2.36. The van der Waals surface area contributed by atoms with Crippen molar-refractivity contribution in [2.24, 2.45) is 0 Å². The van der Waals surface area contributed by atoms with E-state index in [1.54, 1.807) is 29.5 Å². The summed E-state index contributed by atoms with van der Waals surface area (Å²) in [7, 11) is 0. The fourth-order valence-corrected chi connectivity index (χ4v) is 3.07. The highest BCUT2D eigenvalue weighted by Gasteiger charge is 2.12. The lowest BCUT2D eigenvalue weighted by Crippen LogP contribution is -2.04. The van der Waals surface area contributed by atoms with Crippen LogP contribution in [-0.4, -0.2) is 39.1 Å². The third kappa shape index (κ3) is 3.08. The molecule has 0 aliphatic carbocycles. The molecule has 0 atom stereocenters. The number of benzene rings is 1. The van der Waals surface area contributed by atoms with Gasteiger partial charge >= 0.3 is 0 Å². The molecule has 0 aliphatic heterocycles. The van der Waals surface area contributed by atoms with E-state index in [0.29, 0.717) is 35.0 Å². The lowest BCUT2D eigenvalue weighted by Gasteiger charge is -2.06. The lowest BCUT2D eigenvalue weighted by atomic mass is 10.1. The van der Waals surface area contributed by atoms with Gasteiger partial charge in [0.2, 0.25) is 5.78 Å². The Hall–Kier alpha value is -4.45. The fraction of sp³-hybridized carbons (Fsp3) is 0.0500. The van der Waals surface area contributed by atoms with Crippen molar-refractivity contribution in [3.8, 4) is 28.8 Å². The molecule has 9 nitrogen and oxygen atoms in total. The molecule has 0 radical (unpaired) electrons. The molecule has 9 heteroatoms. The van der Waals surface area contributed by atoms with Crippen LogP contribution in [0.2, 0.25) is 0 Å². The number of imidazole rings is 1. The Balaban J connectivity index is 1.54. The molecule has 5 rings (SSSR count). The van der Waals surface area contributed by atoms with Crippen molar-refractivity contribution < 1.29 is 0 Å². The summed E-state index contributed by atoms with van der Waals surface area (Å²) in [6.45, 7) is 0.515. The minimum atomic E-state index is 0.491. The van der Waals surface area contributed by atoms with Crippen molar-refractivity contribution in [1.82, 2.24) is 39.1 Å². The SMILES string of the molecule is N#Cc1ccccc1-c1nccc(-c2cnc3nc(Cn4cncn4)ccn23)n1. The van der Waals surface area contributed by atoms with Gasteiger partial charge in [0.25, 0.3) is 0 Å². The summed E-state index contributed by atoms with van der Waals surface area (Å²) in [6.07, 6.45) is 8.44. The lowest BCUT2D eigenvalue weighted by molar-refractivity contribution is 0.670. The van der Waals surface area contributed by atoms with Gasteiger partial charge < -0.3 is 0 Å². The molecule has 138 valence electrons. The van der Waals surface area contributed by atoms with E-state index >= 15 is 0 Å². The van der Waals surface area contributed by atoms with Crippen LogP contribution < -0.4 is 0 Å². The first kappa shape index (κ1) is 16.7. The summed E-state index contributed by atoms with van der Waals surface area (Å²) in [6, 6.07) is 13.2. The molecular formula is C20H13N9. The number of aromatic nitrogens is 8. The Labute approximate surface area is 165 Å². The first-order valence-electron chi connectivity index (χ1n) is 8.80. The number of fused-ring (bicyclic) bond motifs is 1. The first-order chi connectivity index (χ1) is 14.3. The van der Waals surface area contributed by atoms with Gasteiger partial charge in [0.05, 0.1) is 41.5 Å². The zero-order valence-corrected chi connectivity index (χ0v) is 15.1. The molecule has 5 aromatic rings. The van der Waals surface area contributed by atoms with E-state index in [2.05, 4.69) is 36.1 Å². The topological polar surface area (TPSA) is 110 Å². The summed E-state index contributed by atoms with van der Waals surface area (Å²) in [5, 5.41) is 13.4. The van der Waals surface area contributed by atoms with Crippen LogP contribution >= 0.6 is 0 Å². The standard InChI is InChI=1S/C20H13N9/c21-9-14-3-1-2-4-16(14)19-23-7-5-17(27-19)18-10-24-20-26-15(6-8-29(18)20)11-28-13-22-12-25-28/h1-8,10,12-13H,11H2. The normalized spacial score (nSPS) is 10.9. The molecule has 0 N–H and O–H groups in total. The highest BCUT2D eigenvalue weighted by molar-refractivity contribution is 5.67. The van der Waals surface area contributed by atoms with Crippen LogP contribution in [0.3, 0.4) is 0 Å². The predicted molar refractivity (Wildman–Crippen MR) is 103 cm³/mol. The average molecular weight is 379 g/mol. The van der Waals surface area contributed by atoms with Gasteiger partial charge in [-0.25, -0.2) is 29.6 Å². The number of rotatable bonds is 4. The Morgan fingerprint density at radius 3 is 2.83 bits per heavy atom. The van der Waals surface area contributed by atoms with Gasteiger partial charge in [0.15, 0.2) is 5.82 Å². The van der Waals surface area contributed by atoms with Crippen molar-refractivity contribution in [3.63, 3.8) is 0 Å². The Bertz CT molecular complexity index is 1350. The molecule has 4 aromatic heterocycles. The van der Waals surface area contributed by atoms with E-state index in [1.165, 1.54) is 6.33 Å². The van der Waals surface area contributed by atoms with Gasteiger partial charge in [-0.2, -0.15) is 10.4 Å². The molecular weight excluding hydrogens is 366 g/mol. The maximum absolute atomic E-state index is 9.35. The molecule has 29 heavy (non-hydrogen) atoms. The van der Waals surface area contributed by atoms with Crippen LogP contribution in [0.15, 0.2) is 67.6 Å². The Kier molecular flexibility index (Phi) is 4.00. The van der Waals surface area contributed by atoms with Crippen molar-refractivity contribution >= 4 is 5.78 Å². The summed E-state index contributed by atoms with van der Waals surface area (Å²) in [5.41, 5.74) is 3.53. The second-order valence-corrected chi connectivity index (χ2v) is 6.25. The number of hydrogen-bond acceptors (Lipinski definition) is 7. The summed E-state index contributed by atoms with van der Waals surface area (Å²) in [4.78, 5) is 21.9. The maximum atomic E-state index is 9.35. The smallest absolute Gasteiger partial charge is 0.234 e.